The highest BCUT2D eigenvalue weighted by Crippen LogP contribution is 2.43. The zero-order valence-corrected chi connectivity index (χ0v) is 19.9. The average Bonchev–Trinajstić information content (AvgIpc) is 3.58. The molecule has 0 spiro atoms. The average molecular weight is 459 g/mol. The first-order chi connectivity index (χ1) is 16.7. The van der Waals surface area contributed by atoms with Crippen LogP contribution < -0.4 is 9.47 Å². The molecule has 0 saturated heterocycles. The summed E-state index contributed by atoms with van der Waals surface area (Å²) >= 11 is 0. The number of fused-ring (bicyclic) bond motifs is 1. The van der Waals surface area contributed by atoms with Gasteiger partial charge < -0.3 is 14.2 Å². The number of aromatic nitrogens is 4. The van der Waals surface area contributed by atoms with Gasteiger partial charge in [-0.2, -0.15) is 5.10 Å². The molecule has 0 N–H and O–H groups in total. The summed E-state index contributed by atoms with van der Waals surface area (Å²) < 4.78 is 18.1. The van der Waals surface area contributed by atoms with Crippen molar-refractivity contribution < 1.29 is 14.2 Å². The SMILES string of the molecule is COCCn1cc(-c2cnc3ccc(C(CC4CC4)c4cc(OC)cc(OC)c4)cc3n2)cn1. The Morgan fingerprint density at radius 1 is 0.941 bits per heavy atom. The molecule has 1 aliphatic carbocycles. The molecule has 2 aromatic carbocycles. The number of ether oxygens (including phenoxy) is 3. The molecule has 1 saturated carbocycles. The minimum Gasteiger partial charge on any atom is -0.497 e. The molecule has 2 heterocycles. The molecule has 0 radical (unpaired) electrons. The topological polar surface area (TPSA) is 71.3 Å². The summed E-state index contributed by atoms with van der Waals surface area (Å²) in [5, 5.41) is 4.41. The molecule has 2 aromatic heterocycles. The first-order valence-electron chi connectivity index (χ1n) is 11.7. The summed E-state index contributed by atoms with van der Waals surface area (Å²) in [6.45, 7) is 1.32. The van der Waals surface area contributed by atoms with Crippen molar-refractivity contribution in [3.8, 4) is 22.8 Å². The Balaban J connectivity index is 1.51. The molecular formula is C27H30N4O3. The van der Waals surface area contributed by atoms with Crippen molar-refractivity contribution in [2.45, 2.75) is 31.7 Å². The van der Waals surface area contributed by atoms with Gasteiger partial charge in [0, 0.05) is 30.9 Å². The highest BCUT2D eigenvalue weighted by Gasteiger charge is 2.28. The molecule has 0 amide bonds. The Kier molecular flexibility index (Phi) is 6.45. The zero-order chi connectivity index (χ0) is 23.5. The van der Waals surface area contributed by atoms with Crippen molar-refractivity contribution in [2.24, 2.45) is 5.92 Å². The summed E-state index contributed by atoms with van der Waals surface area (Å²) in [6, 6.07) is 12.6. The van der Waals surface area contributed by atoms with Crippen molar-refractivity contribution in [3.05, 3.63) is 66.1 Å². The normalized spacial score (nSPS) is 14.3. The van der Waals surface area contributed by atoms with E-state index in [-0.39, 0.29) is 5.92 Å². The van der Waals surface area contributed by atoms with E-state index in [9.17, 15) is 0 Å². The van der Waals surface area contributed by atoms with Gasteiger partial charge >= 0.3 is 0 Å². The van der Waals surface area contributed by atoms with Crippen molar-refractivity contribution in [1.82, 2.24) is 19.7 Å². The second kappa shape index (κ2) is 9.81. The van der Waals surface area contributed by atoms with Crippen LogP contribution in [0.4, 0.5) is 0 Å². The van der Waals surface area contributed by atoms with E-state index in [1.807, 2.05) is 29.3 Å². The van der Waals surface area contributed by atoms with Crippen molar-refractivity contribution in [1.29, 1.82) is 0 Å². The van der Waals surface area contributed by atoms with Gasteiger partial charge in [-0.1, -0.05) is 18.9 Å². The maximum Gasteiger partial charge on any atom is 0.122 e. The van der Waals surface area contributed by atoms with Gasteiger partial charge in [-0.3, -0.25) is 9.67 Å². The third-order valence-corrected chi connectivity index (χ3v) is 6.46. The number of methoxy groups -OCH3 is 3. The Hall–Kier alpha value is -3.45. The summed E-state index contributed by atoms with van der Waals surface area (Å²) in [7, 11) is 5.08. The van der Waals surface area contributed by atoms with Crippen LogP contribution in [0.1, 0.15) is 36.3 Å². The van der Waals surface area contributed by atoms with Gasteiger partial charge in [0.25, 0.3) is 0 Å². The molecule has 5 rings (SSSR count). The van der Waals surface area contributed by atoms with E-state index in [1.54, 1.807) is 21.3 Å². The second-order valence-corrected chi connectivity index (χ2v) is 8.87. The fourth-order valence-corrected chi connectivity index (χ4v) is 4.37. The van der Waals surface area contributed by atoms with Crippen LogP contribution in [-0.2, 0) is 11.3 Å². The van der Waals surface area contributed by atoms with Crippen LogP contribution in [-0.4, -0.2) is 47.7 Å². The molecule has 4 aromatic rings. The molecule has 0 bridgehead atoms. The lowest BCUT2D eigenvalue weighted by molar-refractivity contribution is 0.183. The lowest BCUT2D eigenvalue weighted by Crippen LogP contribution is -2.04. The molecule has 1 aliphatic rings. The van der Waals surface area contributed by atoms with E-state index in [0.717, 1.165) is 46.1 Å². The van der Waals surface area contributed by atoms with E-state index in [4.69, 9.17) is 19.2 Å². The predicted octanol–water partition coefficient (Wildman–Crippen LogP) is 5.09. The first kappa shape index (κ1) is 22.3. The fourth-order valence-electron chi connectivity index (χ4n) is 4.37. The summed E-state index contributed by atoms with van der Waals surface area (Å²) in [4.78, 5) is 9.61. The zero-order valence-electron chi connectivity index (χ0n) is 19.9. The van der Waals surface area contributed by atoms with Crippen molar-refractivity contribution >= 4 is 11.0 Å². The third kappa shape index (κ3) is 4.89. The number of nitrogens with zero attached hydrogens (tertiary/aromatic N) is 4. The van der Waals surface area contributed by atoms with E-state index in [2.05, 4.69) is 40.4 Å². The second-order valence-electron chi connectivity index (χ2n) is 8.87. The van der Waals surface area contributed by atoms with E-state index in [1.165, 1.54) is 24.0 Å². The number of benzene rings is 2. The summed E-state index contributed by atoms with van der Waals surface area (Å²) in [5.41, 5.74) is 5.96. The third-order valence-electron chi connectivity index (χ3n) is 6.46. The number of hydrogen-bond acceptors (Lipinski definition) is 6. The monoisotopic (exact) mass is 458 g/mol. The quantitative estimate of drug-likeness (QED) is 0.330. The smallest absolute Gasteiger partial charge is 0.122 e. The Labute approximate surface area is 199 Å². The van der Waals surface area contributed by atoms with Crippen molar-refractivity contribution in [2.75, 3.05) is 27.9 Å². The maximum atomic E-state index is 5.55. The van der Waals surface area contributed by atoms with E-state index >= 15 is 0 Å². The minimum atomic E-state index is 0.239. The number of rotatable bonds is 10. The van der Waals surface area contributed by atoms with Crippen molar-refractivity contribution in [3.63, 3.8) is 0 Å². The lowest BCUT2D eigenvalue weighted by atomic mass is 9.86. The molecule has 176 valence electrons. The lowest BCUT2D eigenvalue weighted by Gasteiger charge is -2.20. The molecule has 7 nitrogen and oxygen atoms in total. The van der Waals surface area contributed by atoms with Gasteiger partial charge in [-0.05, 0) is 47.7 Å². The van der Waals surface area contributed by atoms with E-state index < -0.39 is 0 Å². The largest absolute Gasteiger partial charge is 0.497 e. The van der Waals surface area contributed by atoms with E-state index in [0.29, 0.717) is 13.2 Å². The minimum absolute atomic E-state index is 0.239. The van der Waals surface area contributed by atoms with Gasteiger partial charge in [-0.15, -0.1) is 0 Å². The van der Waals surface area contributed by atoms with Crippen LogP contribution in [0, 0.1) is 5.92 Å². The van der Waals surface area contributed by atoms with Gasteiger partial charge in [-0.25, -0.2) is 4.98 Å². The molecule has 7 heteroatoms. The molecule has 0 aliphatic heterocycles. The summed E-state index contributed by atoms with van der Waals surface area (Å²) in [5.74, 6) is 2.61. The van der Waals surface area contributed by atoms with Crippen LogP contribution >= 0.6 is 0 Å². The van der Waals surface area contributed by atoms with Crippen LogP contribution in [0.25, 0.3) is 22.3 Å². The van der Waals surface area contributed by atoms with Crippen LogP contribution in [0.2, 0.25) is 0 Å². The highest BCUT2D eigenvalue weighted by molar-refractivity contribution is 5.78. The van der Waals surface area contributed by atoms with Gasteiger partial charge in [0.1, 0.15) is 11.5 Å². The highest BCUT2D eigenvalue weighted by atomic mass is 16.5. The number of hydrogen-bond donors (Lipinski definition) is 0. The molecular weight excluding hydrogens is 428 g/mol. The van der Waals surface area contributed by atoms with Crippen LogP contribution in [0.15, 0.2) is 55.0 Å². The van der Waals surface area contributed by atoms with Crippen LogP contribution in [0.5, 0.6) is 11.5 Å². The standard InChI is InChI=1S/C27H30N4O3/c1-32-9-8-31-17-21(15-29-31)27-16-28-25-7-6-19(13-26(25)30-27)24(10-18-4-5-18)20-11-22(33-2)14-23(12-20)34-3/h6-7,11-18,24H,4-5,8-10H2,1-3H3. The van der Waals surface area contributed by atoms with Gasteiger partial charge in [0.05, 0.1) is 56.5 Å². The van der Waals surface area contributed by atoms with Gasteiger partial charge in [0.15, 0.2) is 0 Å². The fraction of sp³-hybridized carbons (Fsp3) is 0.370. The van der Waals surface area contributed by atoms with Gasteiger partial charge in [0.2, 0.25) is 0 Å². The Morgan fingerprint density at radius 2 is 1.74 bits per heavy atom. The Bertz CT molecular complexity index is 1260. The molecule has 34 heavy (non-hydrogen) atoms. The Morgan fingerprint density at radius 3 is 2.44 bits per heavy atom. The molecule has 1 atom stereocenters. The summed E-state index contributed by atoms with van der Waals surface area (Å²) in [6.07, 6.45) is 9.31. The van der Waals surface area contributed by atoms with Crippen LogP contribution in [0.3, 0.4) is 0 Å². The molecule has 1 fully saturated rings. The first-order valence-corrected chi connectivity index (χ1v) is 11.7. The molecule has 1 unspecified atom stereocenters. The predicted molar refractivity (Wildman–Crippen MR) is 131 cm³/mol. The maximum absolute atomic E-state index is 5.55.